The Morgan fingerprint density at radius 1 is 1.09 bits per heavy atom. The lowest BCUT2D eigenvalue weighted by atomic mass is 10.1. The van der Waals surface area contributed by atoms with E-state index in [4.69, 9.17) is 5.41 Å². The third-order valence-corrected chi connectivity index (χ3v) is 4.21. The first-order valence-corrected chi connectivity index (χ1v) is 7.93. The van der Waals surface area contributed by atoms with Crippen molar-refractivity contribution in [2.45, 2.75) is 26.3 Å². The van der Waals surface area contributed by atoms with E-state index in [1.165, 1.54) is 5.56 Å². The number of fused-ring (bicyclic) bond motifs is 1. The van der Waals surface area contributed by atoms with Crippen molar-refractivity contribution < 1.29 is 4.79 Å². The average molecular weight is 307 g/mol. The van der Waals surface area contributed by atoms with Crippen LogP contribution in [-0.4, -0.2) is 14.9 Å². The van der Waals surface area contributed by atoms with Crippen LogP contribution in [0.5, 0.6) is 0 Å². The van der Waals surface area contributed by atoms with Crippen LogP contribution in [0.2, 0.25) is 0 Å². The Kier molecular flexibility index (Phi) is 4.15. The van der Waals surface area contributed by atoms with E-state index in [0.717, 1.165) is 23.9 Å². The van der Waals surface area contributed by atoms with Crippen LogP contribution >= 0.6 is 0 Å². The minimum atomic E-state index is 0.0255. The Morgan fingerprint density at radius 3 is 2.52 bits per heavy atom. The maximum Gasteiger partial charge on any atom is 0.203 e. The van der Waals surface area contributed by atoms with Crippen molar-refractivity contribution >= 4 is 16.8 Å². The molecule has 0 radical (unpaired) electrons. The Hall–Kier alpha value is -2.62. The fraction of sp³-hybridized carbons (Fsp3) is 0.263. The molecule has 4 nitrogen and oxygen atoms in total. The van der Waals surface area contributed by atoms with Gasteiger partial charge in [0.1, 0.15) is 0 Å². The van der Waals surface area contributed by atoms with Crippen LogP contribution in [0.15, 0.2) is 48.5 Å². The minimum absolute atomic E-state index is 0.0255. The van der Waals surface area contributed by atoms with E-state index in [1.54, 1.807) is 4.57 Å². The molecule has 0 aliphatic carbocycles. The van der Waals surface area contributed by atoms with Gasteiger partial charge in [0.15, 0.2) is 5.78 Å². The zero-order valence-corrected chi connectivity index (χ0v) is 13.5. The van der Waals surface area contributed by atoms with Crippen LogP contribution in [-0.2, 0) is 20.0 Å². The van der Waals surface area contributed by atoms with Crippen molar-refractivity contribution in [3.63, 3.8) is 0 Å². The lowest BCUT2D eigenvalue weighted by Gasteiger charge is -2.05. The zero-order chi connectivity index (χ0) is 16.4. The molecule has 3 rings (SSSR count). The summed E-state index contributed by atoms with van der Waals surface area (Å²) in [6.45, 7) is 2.34. The fourth-order valence-electron chi connectivity index (χ4n) is 3.07. The van der Waals surface area contributed by atoms with E-state index in [2.05, 4.69) is 13.0 Å². The number of hydrogen-bond donors (Lipinski definition) is 1. The number of aromatic nitrogens is 2. The van der Waals surface area contributed by atoms with Crippen LogP contribution in [0.1, 0.15) is 29.3 Å². The number of aryl methyl sites for hydroxylation is 2. The molecule has 118 valence electrons. The summed E-state index contributed by atoms with van der Waals surface area (Å²) in [5.41, 5.74) is 4.27. The maximum atomic E-state index is 12.5. The number of imidazole rings is 1. The van der Waals surface area contributed by atoms with Crippen LogP contribution in [0.4, 0.5) is 0 Å². The van der Waals surface area contributed by atoms with Gasteiger partial charge in [-0.1, -0.05) is 55.8 Å². The van der Waals surface area contributed by atoms with Crippen LogP contribution in [0.25, 0.3) is 11.0 Å². The molecule has 0 atom stereocenters. The standard InChI is InChI=1S/C19H21N3O/c1-3-8-15-11-7-12-16-18(15)21(2)19(20)22(16)13-17(23)14-9-5-4-6-10-14/h4-7,9-12,20H,3,8,13H2,1-2H3. The number of benzene rings is 2. The number of ketones is 1. The molecule has 0 amide bonds. The number of hydrogen-bond acceptors (Lipinski definition) is 2. The van der Waals surface area contributed by atoms with Gasteiger partial charge in [-0.2, -0.15) is 0 Å². The molecule has 4 heteroatoms. The van der Waals surface area contributed by atoms with Crippen molar-refractivity contribution in [1.82, 2.24) is 9.13 Å². The van der Waals surface area contributed by atoms with Gasteiger partial charge in [0, 0.05) is 12.6 Å². The summed E-state index contributed by atoms with van der Waals surface area (Å²) in [7, 11) is 1.90. The summed E-state index contributed by atoms with van der Waals surface area (Å²) in [6.07, 6.45) is 2.03. The number of carbonyl (C=O) groups is 1. The van der Waals surface area contributed by atoms with Crippen LogP contribution in [0.3, 0.4) is 0 Å². The largest absolute Gasteiger partial charge is 0.313 e. The van der Waals surface area contributed by atoms with Gasteiger partial charge in [-0.3, -0.25) is 10.2 Å². The lowest BCUT2D eigenvalue weighted by Crippen LogP contribution is -2.25. The first kappa shape index (κ1) is 15.3. The van der Waals surface area contributed by atoms with E-state index in [0.29, 0.717) is 11.2 Å². The molecule has 0 unspecified atom stereocenters. The van der Waals surface area contributed by atoms with Crippen molar-refractivity contribution in [1.29, 1.82) is 5.41 Å². The number of para-hydroxylation sites is 1. The molecule has 23 heavy (non-hydrogen) atoms. The monoisotopic (exact) mass is 307 g/mol. The van der Waals surface area contributed by atoms with E-state index < -0.39 is 0 Å². The average Bonchev–Trinajstić information content (AvgIpc) is 2.82. The molecular weight excluding hydrogens is 286 g/mol. The first-order chi connectivity index (χ1) is 11.1. The normalized spacial score (nSPS) is 11.0. The lowest BCUT2D eigenvalue weighted by molar-refractivity contribution is 0.0971. The van der Waals surface area contributed by atoms with Gasteiger partial charge >= 0.3 is 0 Å². The molecule has 0 spiro atoms. The Bertz CT molecular complexity index is 904. The van der Waals surface area contributed by atoms with Crippen molar-refractivity contribution in [2.24, 2.45) is 7.05 Å². The second-order valence-electron chi connectivity index (χ2n) is 5.79. The smallest absolute Gasteiger partial charge is 0.203 e. The highest BCUT2D eigenvalue weighted by Gasteiger charge is 2.14. The summed E-state index contributed by atoms with van der Waals surface area (Å²) >= 11 is 0. The summed E-state index contributed by atoms with van der Waals surface area (Å²) < 4.78 is 3.67. The highest BCUT2D eigenvalue weighted by molar-refractivity contribution is 5.96. The number of nitrogens with zero attached hydrogens (tertiary/aromatic N) is 2. The van der Waals surface area contributed by atoms with Gasteiger partial charge in [0.2, 0.25) is 5.62 Å². The van der Waals surface area contributed by atoms with E-state index >= 15 is 0 Å². The number of Topliss-reactive ketones (excluding diaryl/α,β-unsaturated/α-hetero) is 1. The van der Waals surface area contributed by atoms with Crippen molar-refractivity contribution in [3.05, 3.63) is 65.3 Å². The third-order valence-electron chi connectivity index (χ3n) is 4.21. The number of carbonyl (C=O) groups excluding carboxylic acids is 1. The highest BCUT2D eigenvalue weighted by atomic mass is 16.1. The maximum absolute atomic E-state index is 12.5. The summed E-state index contributed by atoms with van der Waals surface area (Å²) in [5.74, 6) is 0.0255. The Labute approximate surface area is 135 Å². The first-order valence-electron chi connectivity index (χ1n) is 7.93. The molecule has 1 heterocycles. The molecule has 0 bridgehead atoms. The summed E-state index contributed by atoms with van der Waals surface area (Å²) in [4.78, 5) is 12.5. The molecule has 1 aromatic heterocycles. The number of rotatable bonds is 5. The fourth-order valence-corrected chi connectivity index (χ4v) is 3.07. The number of nitrogens with one attached hydrogen (secondary N) is 1. The topological polar surface area (TPSA) is 50.8 Å². The zero-order valence-electron chi connectivity index (χ0n) is 13.5. The van der Waals surface area contributed by atoms with Crippen LogP contribution in [0, 0.1) is 5.41 Å². The quantitative estimate of drug-likeness (QED) is 0.722. The third kappa shape index (κ3) is 2.72. The molecule has 0 saturated carbocycles. The van der Waals surface area contributed by atoms with Gasteiger partial charge in [-0.25, -0.2) is 0 Å². The predicted octanol–water partition coefficient (Wildman–Crippen LogP) is 3.29. The molecule has 1 N–H and O–H groups in total. The summed E-state index contributed by atoms with van der Waals surface area (Å²) in [5, 5.41) is 8.38. The van der Waals surface area contributed by atoms with Gasteiger partial charge in [-0.05, 0) is 18.1 Å². The SMILES string of the molecule is CCCc1cccc2c1n(C)c(=N)n2CC(=O)c1ccccc1. The minimum Gasteiger partial charge on any atom is -0.313 e. The summed E-state index contributed by atoms with van der Waals surface area (Å²) in [6, 6.07) is 15.4. The van der Waals surface area contributed by atoms with E-state index in [9.17, 15) is 4.79 Å². The Balaban J connectivity index is 2.08. The van der Waals surface area contributed by atoms with Crippen LogP contribution < -0.4 is 5.62 Å². The highest BCUT2D eigenvalue weighted by Crippen LogP contribution is 2.19. The molecule has 0 aliphatic heterocycles. The molecule has 0 saturated heterocycles. The predicted molar refractivity (Wildman–Crippen MR) is 91.5 cm³/mol. The molecule has 2 aromatic carbocycles. The van der Waals surface area contributed by atoms with Crippen molar-refractivity contribution in [2.75, 3.05) is 0 Å². The second-order valence-corrected chi connectivity index (χ2v) is 5.79. The Morgan fingerprint density at radius 2 is 1.83 bits per heavy atom. The van der Waals surface area contributed by atoms with E-state index in [-0.39, 0.29) is 12.3 Å². The molecule has 3 aromatic rings. The molecule has 0 aliphatic rings. The molecular formula is C19H21N3O. The van der Waals surface area contributed by atoms with E-state index in [1.807, 2.05) is 54.1 Å². The van der Waals surface area contributed by atoms with Gasteiger partial charge in [-0.15, -0.1) is 0 Å². The second kappa shape index (κ2) is 6.24. The van der Waals surface area contributed by atoms with Gasteiger partial charge < -0.3 is 9.13 Å². The molecule has 0 fully saturated rings. The van der Waals surface area contributed by atoms with Crippen molar-refractivity contribution in [3.8, 4) is 0 Å². The van der Waals surface area contributed by atoms with Gasteiger partial charge in [0.05, 0.1) is 17.6 Å². The van der Waals surface area contributed by atoms with Gasteiger partial charge in [0.25, 0.3) is 0 Å².